The van der Waals surface area contributed by atoms with Crippen molar-refractivity contribution in [2.45, 2.75) is 77.4 Å². The number of anilines is 1. The van der Waals surface area contributed by atoms with Crippen molar-refractivity contribution in [1.29, 1.82) is 0 Å². The molecule has 8 nitrogen and oxygen atoms in total. The third kappa shape index (κ3) is 4.36. The molecule has 1 aromatic carbocycles. The summed E-state index contributed by atoms with van der Waals surface area (Å²) in [5.74, 6) is 1.37. The second-order valence-electron chi connectivity index (χ2n) is 11.5. The van der Waals surface area contributed by atoms with Gasteiger partial charge in [0.2, 0.25) is 0 Å². The summed E-state index contributed by atoms with van der Waals surface area (Å²) >= 11 is 0. The largest absolute Gasteiger partial charge is 0.458 e. The van der Waals surface area contributed by atoms with Crippen LogP contribution in [0, 0.1) is 17.8 Å². The van der Waals surface area contributed by atoms with E-state index in [-0.39, 0.29) is 23.1 Å². The fraction of sp³-hybridized carbons (Fsp3) is 0.517. The Kier molecular flexibility index (Phi) is 5.92. The molecule has 4 aliphatic carbocycles. The highest BCUT2D eigenvalue weighted by atomic mass is 16.5. The van der Waals surface area contributed by atoms with Crippen LogP contribution in [-0.2, 0) is 16.7 Å². The standard InChI is InChI=1S/C29H35N5O3/c1-4-33-17-24(25(31-33)28(36)37-18(2)3)30-27(35)23-16-34(22-8-6-5-7-9-22)32-26(23)29-13-19-10-20(14-29)12-21(11-19)15-29/h5-9,16-21H,4,10-15H2,1-3H3,(H,30,35). The molecule has 194 valence electrons. The van der Waals surface area contributed by atoms with Gasteiger partial charge in [0.25, 0.3) is 5.91 Å². The van der Waals surface area contributed by atoms with Crippen LogP contribution >= 0.6 is 0 Å². The van der Waals surface area contributed by atoms with Gasteiger partial charge in [0.15, 0.2) is 5.69 Å². The molecular weight excluding hydrogens is 466 g/mol. The summed E-state index contributed by atoms with van der Waals surface area (Å²) in [5.41, 5.74) is 2.83. The number of nitrogens with one attached hydrogen (secondary N) is 1. The summed E-state index contributed by atoms with van der Waals surface area (Å²) in [4.78, 5) is 26.7. The van der Waals surface area contributed by atoms with Gasteiger partial charge in [0.05, 0.1) is 28.7 Å². The van der Waals surface area contributed by atoms with Crippen LogP contribution in [0.2, 0.25) is 0 Å². The molecule has 0 unspecified atom stereocenters. The minimum Gasteiger partial charge on any atom is -0.458 e. The van der Waals surface area contributed by atoms with E-state index >= 15 is 0 Å². The van der Waals surface area contributed by atoms with Crippen molar-refractivity contribution in [2.75, 3.05) is 5.32 Å². The molecule has 4 bridgehead atoms. The van der Waals surface area contributed by atoms with Crippen LogP contribution in [0.5, 0.6) is 0 Å². The molecule has 0 aliphatic heterocycles. The second kappa shape index (κ2) is 9.15. The van der Waals surface area contributed by atoms with E-state index in [0.717, 1.165) is 48.4 Å². The van der Waals surface area contributed by atoms with E-state index in [2.05, 4.69) is 10.4 Å². The average Bonchev–Trinajstić information content (AvgIpc) is 3.49. The molecule has 8 heteroatoms. The van der Waals surface area contributed by atoms with Gasteiger partial charge in [-0.1, -0.05) is 18.2 Å². The van der Waals surface area contributed by atoms with E-state index in [1.807, 2.05) is 48.1 Å². The number of ether oxygens (including phenoxy) is 1. The molecule has 4 aliphatic rings. The van der Waals surface area contributed by atoms with Gasteiger partial charge >= 0.3 is 5.97 Å². The molecule has 2 heterocycles. The summed E-state index contributed by atoms with van der Waals surface area (Å²) in [7, 11) is 0. The lowest BCUT2D eigenvalue weighted by molar-refractivity contribution is -0.00765. The SMILES string of the molecule is CCn1cc(NC(=O)c2cn(-c3ccccc3)nc2C23CC4CC(CC(C4)C2)C3)c(C(=O)OC(C)C)n1. The van der Waals surface area contributed by atoms with Gasteiger partial charge in [0, 0.05) is 24.4 Å². The number of carbonyl (C=O) groups is 2. The van der Waals surface area contributed by atoms with Gasteiger partial charge < -0.3 is 10.1 Å². The molecule has 4 saturated carbocycles. The van der Waals surface area contributed by atoms with Crippen LogP contribution < -0.4 is 5.32 Å². The highest BCUT2D eigenvalue weighted by Crippen LogP contribution is 2.61. The zero-order chi connectivity index (χ0) is 25.7. The molecule has 0 saturated heterocycles. The maximum atomic E-state index is 13.9. The number of esters is 1. The Morgan fingerprint density at radius 1 is 1.03 bits per heavy atom. The summed E-state index contributed by atoms with van der Waals surface area (Å²) in [5, 5.41) is 12.5. The summed E-state index contributed by atoms with van der Waals surface area (Å²) in [6.45, 7) is 6.10. The van der Waals surface area contributed by atoms with Crippen LogP contribution in [0.15, 0.2) is 42.7 Å². The number of rotatable bonds is 7. The Labute approximate surface area is 217 Å². The average molecular weight is 502 g/mol. The zero-order valence-corrected chi connectivity index (χ0v) is 21.8. The van der Waals surface area contributed by atoms with Gasteiger partial charge in [-0.15, -0.1) is 0 Å². The molecule has 2 aromatic heterocycles. The first kappa shape index (κ1) is 23.9. The van der Waals surface area contributed by atoms with E-state index < -0.39 is 5.97 Å². The fourth-order valence-corrected chi connectivity index (χ4v) is 7.33. The van der Waals surface area contributed by atoms with E-state index in [4.69, 9.17) is 9.84 Å². The van der Waals surface area contributed by atoms with Crippen molar-refractivity contribution in [3.63, 3.8) is 0 Å². The second-order valence-corrected chi connectivity index (χ2v) is 11.5. The topological polar surface area (TPSA) is 91.0 Å². The minimum absolute atomic E-state index is 0.0611. The monoisotopic (exact) mass is 501 g/mol. The minimum atomic E-state index is -0.543. The molecule has 7 rings (SSSR count). The Bertz CT molecular complexity index is 1290. The van der Waals surface area contributed by atoms with Crippen molar-refractivity contribution >= 4 is 17.6 Å². The van der Waals surface area contributed by atoms with E-state index in [1.165, 1.54) is 19.3 Å². The van der Waals surface area contributed by atoms with Gasteiger partial charge in [-0.2, -0.15) is 10.2 Å². The summed E-state index contributed by atoms with van der Waals surface area (Å²) in [6, 6.07) is 9.94. The number of amides is 1. The van der Waals surface area contributed by atoms with Crippen LogP contribution in [-0.4, -0.2) is 37.5 Å². The molecule has 4 fully saturated rings. The number of hydrogen-bond acceptors (Lipinski definition) is 5. The lowest BCUT2D eigenvalue weighted by Crippen LogP contribution is -2.49. The van der Waals surface area contributed by atoms with Crippen LogP contribution in [0.1, 0.15) is 85.8 Å². The third-order valence-corrected chi connectivity index (χ3v) is 8.39. The Balaban J connectivity index is 1.39. The molecular formula is C29H35N5O3. The first-order valence-electron chi connectivity index (χ1n) is 13.6. The molecule has 0 atom stereocenters. The zero-order valence-electron chi connectivity index (χ0n) is 21.8. The molecule has 3 aromatic rings. The van der Waals surface area contributed by atoms with Gasteiger partial charge in [-0.3, -0.25) is 9.48 Å². The summed E-state index contributed by atoms with van der Waals surface area (Å²) < 4.78 is 8.87. The van der Waals surface area contributed by atoms with E-state index in [0.29, 0.717) is 17.8 Å². The maximum Gasteiger partial charge on any atom is 0.361 e. The molecule has 37 heavy (non-hydrogen) atoms. The third-order valence-electron chi connectivity index (χ3n) is 8.39. The molecule has 1 amide bonds. The Hall–Kier alpha value is -3.42. The molecule has 0 spiro atoms. The van der Waals surface area contributed by atoms with Crippen molar-refractivity contribution in [3.8, 4) is 5.69 Å². The van der Waals surface area contributed by atoms with E-state index in [1.54, 1.807) is 24.7 Å². The number of benzene rings is 1. The Morgan fingerprint density at radius 2 is 1.68 bits per heavy atom. The van der Waals surface area contributed by atoms with Gasteiger partial charge in [0.1, 0.15) is 0 Å². The smallest absolute Gasteiger partial charge is 0.361 e. The number of carbonyl (C=O) groups excluding carboxylic acids is 2. The quantitative estimate of drug-likeness (QED) is 0.439. The van der Waals surface area contributed by atoms with Gasteiger partial charge in [-0.25, -0.2) is 9.48 Å². The Morgan fingerprint density at radius 3 is 2.27 bits per heavy atom. The van der Waals surface area contributed by atoms with Crippen LogP contribution in [0.25, 0.3) is 5.69 Å². The van der Waals surface area contributed by atoms with Crippen molar-refractivity contribution < 1.29 is 14.3 Å². The number of aryl methyl sites for hydroxylation is 1. The highest BCUT2D eigenvalue weighted by molar-refractivity contribution is 6.08. The predicted molar refractivity (Wildman–Crippen MR) is 140 cm³/mol. The fourth-order valence-electron chi connectivity index (χ4n) is 7.33. The van der Waals surface area contributed by atoms with Crippen LogP contribution in [0.4, 0.5) is 5.69 Å². The first-order chi connectivity index (χ1) is 17.8. The maximum absolute atomic E-state index is 13.9. The number of aromatic nitrogens is 4. The van der Waals surface area contributed by atoms with Crippen molar-refractivity contribution in [2.24, 2.45) is 17.8 Å². The molecule has 0 radical (unpaired) electrons. The first-order valence-corrected chi connectivity index (χ1v) is 13.6. The van der Waals surface area contributed by atoms with Crippen molar-refractivity contribution in [1.82, 2.24) is 19.6 Å². The lowest BCUT2D eigenvalue weighted by atomic mass is 9.48. The normalized spacial score (nSPS) is 26.0. The van der Waals surface area contributed by atoms with Crippen molar-refractivity contribution in [3.05, 3.63) is 59.7 Å². The number of hydrogen-bond donors (Lipinski definition) is 1. The van der Waals surface area contributed by atoms with Gasteiger partial charge in [-0.05, 0) is 89.2 Å². The highest BCUT2D eigenvalue weighted by Gasteiger charge is 2.54. The summed E-state index contributed by atoms with van der Waals surface area (Å²) in [6.07, 6.45) is 10.5. The van der Waals surface area contributed by atoms with Crippen LogP contribution in [0.3, 0.4) is 0 Å². The predicted octanol–water partition coefficient (Wildman–Crippen LogP) is 5.37. The molecule has 1 N–H and O–H groups in total. The lowest BCUT2D eigenvalue weighted by Gasteiger charge is -2.56. The number of nitrogens with zero attached hydrogens (tertiary/aromatic N) is 4. The number of para-hydroxylation sites is 1. The van der Waals surface area contributed by atoms with E-state index in [9.17, 15) is 9.59 Å².